The number of carbonyl (C=O) groups excluding carboxylic acids is 1. The number of ether oxygens (including phenoxy) is 2. The molecule has 6 nitrogen and oxygen atoms in total. The van der Waals surface area contributed by atoms with Crippen LogP contribution in [0.15, 0.2) is 67.0 Å². The van der Waals surface area contributed by atoms with Gasteiger partial charge >= 0.3 is 0 Å². The molecule has 33 heavy (non-hydrogen) atoms. The first kappa shape index (κ1) is 22.5. The number of morpholine rings is 1. The minimum absolute atomic E-state index is 0.0137. The maximum atomic E-state index is 13.7. The predicted octanol–water partition coefficient (Wildman–Crippen LogP) is 4.84. The van der Waals surface area contributed by atoms with E-state index in [1.54, 1.807) is 25.6 Å². The van der Waals surface area contributed by atoms with Crippen LogP contribution in [0.2, 0.25) is 0 Å². The Balaban J connectivity index is 1.47. The van der Waals surface area contributed by atoms with Crippen LogP contribution in [0.4, 0.5) is 10.2 Å². The molecule has 0 radical (unpaired) electrons. The van der Waals surface area contributed by atoms with Gasteiger partial charge in [-0.25, -0.2) is 9.37 Å². The Morgan fingerprint density at radius 2 is 1.94 bits per heavy atom. The first-order valence-corrected chi connectivity index (χ1v) is 10.8. The molecule has 1 fully saturated rings. The van der Waals surface area contributed by atoms with Gasteiger partial charge < -0.3 is 19.7 Å². The van der Waals surface area contributed by atoms with Crippen molar-refractivity contribution >= 4 is 17.3 Å². The number of rotatable bonds is 6. The topological polar surface area (TPSA) is 63.7 Å². The Morgan fingerprint density at radius 3 is 2.67 bits per heavy atom. The van der Waals surface area contributed by atoms with Crippen molar-refractivity contribution < 1.29 is 18.7 Å². The summed E-state index contributed by atoms with van der Waals surface area (Å²) in [5.41, 5.74) is 3.96. The molecule has 1 aliphatic heterocycles. The van der Waals surface area contributed by atoms with Gasteiger partial charge in [0.1, 0.15) is 17.4 Å². The van der Waals surface area contributed by atoms with Crippen LogP contribution in [0.3, 0.4) is 0 Å². The number of hydrogen-bond donors (Lipinski definition) is 1. The molecule has 170 valence electrons. The van der Waals surface area contributed by atoms with Crippen LogP contribution in [0, 0.1) is 5.82 Å². The second kappa shape index (κ2) is 10.3. The van der Waals surface area contributed by atoms with Gasteiger partial charge in [0.2, 0.25) is 0 Å². The summed E-state index contributed by atoms with van der Waals surface area (Å²) in [6.45, 7) is 4.24. The zero-order valence-electron chi connectivity index (χ0n) is 18.7. The van der Waals surface area contributed by atoms with Crippen molar-refractivity contribution in [3.05, 3.63) is 83.9 Å². The molecule has 1 N–H and O–H groups in total. The first-order chi connectivity index (χ1) is 16.0. The molecule has 1 aliphatic rings. The summed E-state index contributed by atoms with van der Waals surface area (Å²) >= 11 is 0. The second-order valence-electron chi connectivity index (χ2n) is 7.73. The second-order valence-corrected chi connectivity index (χ2v) is 7.73. The highest BCUT2D eigenvalue weighted by atomic mass is 19.1. The summed E-state index contributed by atoms with van der Waals surface area (Å²) in [4.78, 5) is 19.1. The molecule has 0 spiro atoms. The number of aromatic nitrogens is 1. The van der Waals surface area contributed by atoms with Crippen LogP contribution in [-0.4, -0.2) is 49.2 Å². The maximum absolute atomic E-state index is 13.7. The molecule has 7 heteroatoms. The third-order valence-electron chi connectivity index (χ3n) is 5.53. The van der Waals surface area contributed by atoms with E-state index in [0.717, 1.165) is 16.7 Å². The van der Waals surface area contributed by atoms with Crippen molar-refractivity contribution in [2.45, 2.75) is 6.92 Å². The van der Waals surface area contributed by atoms with Crippen LogP contribution >= 0.6 is 0 Å². The highest BCUT2D eigenvalue weighted by Crippen LogP contribution is 2.27. The van der Waals surface area contributed by atoms with E-state index in [1.165, 1.54) is 12.1 Å². The van der Waals surface area contributed by atoms with Crippen LogP contribution < -0.4 is 10.1 Å². The molecule has 0 bridgehead atoms. The van der Waals surface area contributed by atoms with E-state index in [4.69, 9.17) is 9.47 Å². The molecule has 1 amide bonds. The van der Waals surface area contributed by atoms with Gasteiger partial charge in [0.05, 0.1) is 20.3 Å². The monoisotopic (exact) mass is 447 g/mol. The lowest BCUT2D eigenvalue weighted by molar-refractivity contribution is 0.0303. The number of hydrogen-bond acceptors (Lipinski definition) is 5. The van der Waals surface area contributed by atoms with Gasteiger partial charge in [0, 0.05) is 42.2 Å². The fourth-order valence-electron chi connectivity index (χ4n) is 3.68. The highest BCUT2D eigenvalue weighted by Gasteiger charge is 2.18. The van der Waals surface area contributed by atoms with Gasteiger partial charge in [-0.05, 0) is 60.5 Å². The SMILES string of the molecule is COc1ccc(F)cc1/C(C)=C/Nc1ccc(-c2cccc(C(=O)N3CCOCC3)c2)cn1. The lowest BCUT2D eigenvalue weighted by atomic mass is 10.0. The number of benzene rings is 2. The van der Waals surface area contributed by atoms with Gasteiger partial charge in [-0.3, -0.25) is 4.79 Å². The summed E-state index contributed by atoms with van der Waals surface area (Å²) in [7, 11) is 1.56. The number of nitrogens with one attached hydrogen (secondary N) is 1. The Kier molecular flexibility index (Phi) is 7.00. The van der Waals surface area contributed by atoms with Crippen LogP contribution in [0.5, 0.6) is 5.75 Å². The molecular formula is C26H26FN3O3. The summed E-state index contributed by atoms with van der Waals surface area (Å²) < 4.78 is 24.3. The fourth-order valence-corrected chi connectivity index (χ4v) is 3.68. The van der Waals surface area contributed by atoms with Gasteiger partial charge in [0.25, 0.3) is 5.91 Å². The quantitative estimate of drug-likeness (QED) is 0.586. The molecule has 0 unspecified atom stereocenters. The number of nitrogens with zero attached hydrogens (tertiary/aromatic N) is 2. The molecular weight excluding hydrogens is 421 g/mol. The molecule has 0 saturated carbocycles. The average Bonchev–Trinajstić information content (AvgIpc) is 2.87. The van der Waals surface area contributed by atoms with Crippen molar-refractivity contribution in [2.75, 3.05) is 38.7 Å². The Labute approximate surface area is 192 Å². The Bertz CT molecular complexity index is 1160. The van der Waals surface area contributed by atoms with E-state index >= 15 is 0 Å². The third-order valence-corrected chi connectivity index (χ3v) is 5.53. The van der Waals surface area contributed by atoms with Gasteiger partial charge in [-0.1, -0.05) is 12.1 Å². The van der Waals surface area contributed by atoms with Crippen molar-refractivity contribution in [3.63, 3.8) is 0 Å². The van der Waals surface area contributed by atoms with E-state index < -0.39 is 0 Å². The lowest BCUT2D eigenvalue weighted by Gasteiger charge is -2.27. The average molecular weight is 448 g/mol. The normalized spacial score (nSPS) is 14.2. The molecule has 0 atom stereocenters. The minimum Gasteiger partial charge on any atom is -0.496 e. The zero-order valence-corrected chi connectivity index (χ0v) is 18.7. The lowest BCUT2D eigenvalue weighted by Crippen LogP contribution is -2.40. The predicted molar refractivity (Wildman–Crippen MR) is 127 cm³/mol. The first-order valence-electron chi connectivity index (χ1n) is 10.8. The zero-order chi connectivity index (χ0) is 23.2. The summed E-state index contributed by atoms with van der Waals surface area (Å²) in [6, 6.07) is 15.8. The number of allylic oxidation sites excluding steroid dienone is 1. The molecule has 1 aromatic heterocycles. The molecule has 2 heterocycles. The van der Waals surface area contributed by atoms with Crippen LogP contribution in [0.25, 0.3) is 16.7 Å². The molecule has 0 aliphatic carbocycles. The van der Waals surface area contributed by atoms with E-state index in [1.807, 2.05) is 48.2 Å². The summed E-state index contributed by atoms with van der Waals surface area (Å²) in [5, 5.41) is 3.14. The molecule has 2 aromatic carbocycles. The van der Waals surface area contributed by atoms with E-state index in [-0.39, 0.29) is 11.7 Å². The number of methoxy groups -OCH3 is 1. The number of pyridine rings is 1. The molecule has 3 aromatic rings. The Morgan fingerprint density at radius 1 is 1.12 bits per heavy atom. The molecule has 1 saturated heterocycles. The van der Waals surface area contributed by atoms with E-state index in [0.29, 0.717) is 49.0 Å². The highest BCUT2D eigenvalue weighted by molar-refractivity contribution is 5.95. The standard InChI is InChI=1S/C26H26FN3O3/c1-18(23-15-22(27)7-8-24(23)32-2)16-28-25-9-6-21(17-29-25)19-4-3-5-20(14-19)26(31)30-10-12-33-13-11-30/h3-9,14-17H,10-13H2,1-2H3,(H,28,29)/b18-16+. The fraction of sp³-hybridized carbons (Fsp3) is 0.231. The number of halogens is 1. The van der Waals surface area contributed by atoms with E-state index in [2.05, 4.69) is 10.3 Å². The minimum atomic E-state index is -0.324. The summed E-state index contributed by atoms with van der Waals surface area (Å²) in [5.74, 6) is 0.936. The largest absolute Gasteiger partial charge is 0.496 e. The van der Waals surface area contributed by atoms with Gasteiger partial charge in [-0.15, -0.1) is 0 Å². The van der Waals surface area contributed by atoms with Crippen molar-refractivity contribution in [1.82, 2.24) is 9.88 Å². The van der Waals surface area contributed by atoms with Crippen molar-refractivity contribution in [2.24, 2.45) is 0 Å². The number of carbonyl (C=O) groups is 1. The van der Waals surface area contributed by atoms with E-state index in [9.17, 15) is 9.18 Å². The number of amides is 1. The van der Waals surface area contributed by atoms with Crippen LogP contribution in [0.1, 0.15) is 22.8 Å². The summed E-state index contributed by atoms with van der Waals surface area (Å²) in [6.07, 6.45) is 3.52. The van der Waals surface area contributed by atoms with Crippen molar-refractivity contribution in [1.29, 1.82) is 0 Å². The smallest absolute Gasteiger partial charge is 0.254 e. The third kappa shape index (κ3) is 5.38. The van der Waals surface area contributed by atoms with Gasteiger partial charge in [-0.2, -0.15) is 0 Å². The van der Waals surface area contributed by atoms with Crippen molar-refractivity contribution in [3.8, 4) is 16.9 Å². The number of anilines is 1. The Hall–Kier alpha value is -3.71. The van der Waals surface area contributed by atoms with Gasteiger partial charge in [0.15, 0.2) is 0 Å². The molecule has 4 rings (SSSR count). The maximum Gasteiger partial charge on any atom is 0.254 e. The van der Waals surface area contributed by atoms with Crippen LogP contribution in [-0.2, 0) is 4.74 Å².